The lowest BCUT2D eigenvalue weighted by Gasteiger charge is -2.28. The first-order chi connectivity index (χ1) is 9.22. The zero-order valence-electron chi connectivity index (χ0n) is 11.6. The smallest absolute Gasteiger partial charge is 0.314 e. The van der Waals surface area contributed by atoms with Crippen molar-refractivity contribution in [2.24, 2.45) is 0 Å². The molecule has 0 saturated heterocycles. The Morgan fingerprint density at radius 2 is 2.16 bits per heavy atom. The normalized spacial score (nSPS) is 12.4. The predicted octanol–water partition coefficient (Wildman–Crippen LogP) is 0.954. The van der Waals surface area contributed by atoms with Gasteiger partial charge in [0.2, 0.25) is 0 Å². The number of carbonyl (C=O) groups excluding carboxylic acids is 1. The summed E-state index contributed by atoms with van der Waals surface area (Å²) in [6.45, 7) is 6.56. The lowest BCUT2D eigenvalue weighted by Crippen LogP contribution is -2.42. The van der Waals surface area contributed by atoms with E-state index in [1.807, 2.05) is 12.1 Å². The van der Waals surface area contributed by atoms with Gasteiger partial charge in [0.25, 0.3) is 0 Å². The number of likely N-dealkylation sites (N-methyl/N-ethyl adjacent to an activating group) is 1. The summed E-state index contributed by atoms with van der Waals surface area (Å²) in [5.74, 6) is 0.839. The fourth-order valence-electron chi connectivity index (χ4n) is 1.98. The Morgan fingerprint density at radius 3 is 2.68 bits per heavy atom. The van der Waals surface area contributed by atoms with Crippen LogP contribution >= 0.6 is 0 Å². The van der Waals surface area contributed by atoms with Gasteiger partial charge in [-0.2, -0.15) is 0 Å². The molecule has 0 aromatic carbocycles. The summed E-state index contributed by atoms with van der Waals surface area (Å²) in [6.07, 6.45) is 1.64. The first-order valence-corrected chi connectivity index (χ1v) is 6.62. The Kier molecular flexibility index (Phi) is 6.99. The van der Waals surface area contributed by atoms with Gasteiger partial charge in [-0.05, 0) is 25.2 Å². The molecule has 1 unspecified atom stereocenters. The Hall–Kier alpha value is -1.53. The van der Waals surface area contributed by atoms with Gasteiger partial charge < -0.3 is 20.2 Å². The van der Waals surface area contributed by atoms with Crippen LogP contribution in [0.2, 0.25) is 0 Å². The maximum atomic E-state index is 11.5. The second-order valence-electron chi connectivity index (χ2n) is 4.11. The van der Waals surface area contributed by atoms with E-state index in [4.69, 9.17) is 9.52 Å². The molecule has 0 radical (unpaired) electrons. The minimum Gasteiger partial charge on any atom is -0.468 e. The van der Waals surface area contributed by atoms with Crippen molar-refractivity contribution >= 4 is 6.03 Å². The number of hydrogen-bond donors (Lipinski definition) is 3. The molecular weight excluding hydrogens is 246 g/mol. The van der Waals surface area contributed by atoms with E-state index in [2.05, 4.69) is 29.4 Å². The molecule has 0 bridgehead atoms. The average molecular weight is 269 g/mol. The van der Waals surface area contributed by atoms with Crippen LogP contribution in [-0.4, -0.2) is 48.8 Å². The number of hydrogen-bond acceptors (Lipinski definition) is 4. The summed E-state index contributed by atoms with van der Waals surface area (Å²) in [5, 5.41) is 14.0. The van der Waals surface area contributed by atoms with Crippen LogP contribution in [0.5, 0.6) is 0 Å². The Balaban J connectivity index is 2.57. The molecule has 1 heterocycles. The lowest BCUT2D eigenvalue weighted by molar-refractivity contribution is 0.185. The van der Waals surface area contributed by atoms with Crippen molar-refractivity contribution in [3.8, 4) is 0 Å². The number of aliphatic hydroxyl groups is 1. The predicted molar refractivity (Wildman–Crippen MR) is 72.9 cm³/mol. The summed E-state index contributed by atoms with van der Waals surface area (Å²) < 4.78 is 5.44. The third-order valence-electron chi connectivity index (χ3n) is 2.98. The van der Waals surface area contributed by atoms with Crippen LogP contribution in [0, 0.1) is 0 Å². The number of rotatable bonds is 8. The number of aliphatic hydroxyl groups excluding tert-OH is 1. The number of amides is 2. The summed E-state index contributed by atoms with van der Waals surface area (Å²) in [5.41, 5.74) is 0. The highest BCUT2D eigenvalue weighted by Crippen LogP contribution is 2.19. The summed E-state index contributed by atoms with van der Waals surface area (Å²) in [4.78, 5) is 13.7. The fourth-order valence-corrected chi connectivity index (χ4v) is 1.98. The van der Waals surface area contributed by atoms with E-state index in [-0.39, 0.29) is 25.2 Å². The lowest BCUT2D eigenvalue weighted by atomic mass is 10.2. The van der Waals surface area contributed by atoms with Crippen LogP contribution in [0.15, 0.2) is 22.8 Å². The number of urea groups is 1. The van der Waals surface area contributed by atoms with Gasteiger partial charge in [-0.15, -0.1) is 0 Å². The second-order valence-corrected chi connectivity index (χ2v) is 4.11. The highest BCUT2D eigenvalue weighted by molar-refractivity contribution is 5.73. The van der Waals surface area contributed by atoms with Gasteiger partial charge in [0.1, 0.15) is 5.76 Å². The minimum absolute atomic E-state index is 0.0184. The van der Waals surface area contributed by atoms with Gasteiger partial charge in [-0.1, -0.05) is 13.8 Å². The first-order valence-electron chi connectivity index (χ1n) is 6.62. The molecule has 1 rings (SSSR count). The zero-order valence-corrected chi connectivity index (χ0v) is 11.6. The summed E-state index contributed by atoms with van der Waals surface area (Å²) in [7, 11) is 0. The molecule has 0 fully saturated rings. The third-order valence-corrected chi connectivity index (χ3v) is 2.98. The standard InChI is InChI=1S/C13H23N3O3/c1-3-16(4-2)11(12-6-5-9-19-12)10-15-13(18)14-7-8-17/h5-6,9,11,17H,3-4,7-8,10H2,1-2H3,(H2,14,15,18). The van der Waals surface area contributed by atoms with E-state index >= 15 is 0 Å². The fraction of sp³-hybridized carbons (Fsp3) is 0.615. The van der Waals surface area contributed by atoms with Crippen molar-refractivity contribution in [1.82, 2.24) is 15.5 Å². The monoisotopic (exact) mass is 269 g/mol. The molecular formula is C13H23N3O3. The third kappa shape index (κ3) is 4.92. The Bertz CT molecular complexity index is 350. The van der Waals surface area contributed by atoms with Gasteiger partial charge in [0.05, 0.1) is 18.9 Å². The molecule has 1 atom stereocenters. The van der Waals surface area contributed by atoms with Crippen molar-refractivity contribution in [2.75, 3.05) is 32.8 Å². The molecule has 3 N–H and O–H groups in total. The maximum Gasteiger partial charge on any atom is 0.314 e. The van der Waals surface area contributed by atoms with Gasteiger partial charge in [0.15, 0.2) is 0 Å². The SMILES string of the molecule is CCN(CC)C(CNC(=O)NCCO)c1ccco1. The second kappa shape index (κ2) is 8.55. The number of carbonyl (C=O) groups is 1. The van der Waals surface area contributed by atoms with E-state index in [1.54, 1.807) is 6.26 Å². The summed E-state index contributed by atoms with van der Waals surface area (Å²) in [6, 6.07) is 3.50. The van der Waals surface area contributed by atoms with Crippen LogP contribution in [0.3, 0.4) is 0 Å². The minimum atomic E-state index is -0.280. The number of nitrogens with one attached hydrogen (secondary N) is 2. The van der Waals surface area contributed by atoms with Crippen molar-refractivity contribution in [3.05, 3.63) is 24.2 Å². The topological polar surface area (TPSA) is 77.7 Å². The molecule has 6 nitrogen and oxygen atoms in total. The molecule has 1 aromatic heterocycles. The van der Waals surface area contributed by atoms with Crippen LogP contribution in [0.4, 0.5) is 4.79 Å². The van der Waals surface area contributed by atoms with Gasteiger partial charge >= 0.3 is 6.03 Å². The highest BCUT2D eigenvalue weighted by Gasteiger charge is 2.20. The van der Waals surface area contributed by atoms with E-state index in [0.29, 0.717) is 6.54 Å². The average Bonchev–Trinajstić information content (AvgIpc) is 2.94. The van der Waals surface area contributed by atoms with Gasteiger partial charge in [-0.3, -0.25) is 4.90 Å². The molecule has 2 amide bonds. The zero-order chi connectivity index (χ0) is 14.1. The van der Waals surface area contributed by atoms with Crippen LogP contribution in [0.1, 0.15) is 25.6 Å². The largest absolute Gasteiger partial charge is 0.468 e. The Labute approximate surface area is 113 Å². The number of nitrogens with zero attached hydrogens (tertiary/aromatic N) is 1. The molecule has 0 saturated carbocycles. The van der Waals surface area contributed by atoms with Crippen molar-refractivity contribution in [2.45, 2.75) is 19.9 Å². The van der Waals surface area contributed by atoms with E-state index in [1.165, 1.54) is 0 Å². The molecule has 6 heteroatoms. The molecule has 0 aliphatic carbocycles. The highest BCUT2D eigenvalue weighted by atomic mass is 16.3. The maximum absolute atomic E-state index is 11.5. The quantitative estimate of drug-likeness (QED) is 0.657. The Morgan fingerprint density at radius 1 is 1.42 bits per heavy atom. The van der Waals surface area contributed by atoms with Crippen molar-refractivity contribution in [1.29, 1.82) is 0 Å². The first kappa shape index (κ1) is 15.5. The van der Waals surface area contributed by atoms with E-state index < -0.39 is 0 Å². The molecule has 0 aliphatic rings. The van der Waals surface area contributed by atoms with Gasteiger partial charge in [0, 0.05) is 13.1 Å². The molecule has 1 aromatic rings. The number of furan rings is 1. The van der Waals surface area contributed by atoms with Crippen LogP contribution < -0.4 is 10.6 Å². The van der Waals surface area contributed by atoms with Crippen molar-refractivity contribution in [3.63, 3.8) is 0 Å². The molecule has 108 valence electrons. The molecule has 0 spiro atoms. The van der Waals surface area contributed by atoms with E-state index in [9.17, 15) is 4.79 Å². The van der Waals surface area contributed by atoms with E-state index in [0.717, 1.165) is 18.8 Å². The molecule has 0 aliphatic heterocycles. The van der Waals surface area contributed by atoms with Crippen molar-refractivity contribution < 1.29 is 14.3 Å². The van der Waals surface area contributed by atoms with Gasteiger partial charge in [-0.25, -0.2) is 4.79 Å². The van der Waals surface area contributed by atoms with Crippen LogP contribution in [0.25, 0.3) is 0 Å². The summed E-state index contributed by atoms with van der Waals surface area (Å²) >= 11 is 0. The van der Waals surface area contributed by atoms with Crippen LogP contribution in [-0.2, 0) is 0 Å². The molecule has 19 heavy (non-hydrogen) atoms.